The predicted octanol–water partition coefficient (Wildman–Crippen LogP) is 4.31. The first-order valence-electron chi connectivity index (χ1n) is 7.28. The van der Waals surface area contributed by atoms with Crippen molar-refractivity contribution in [1.82, 2.24) is 5.32 Å². The largest absolute Gasteiger partial charge is 0.313 e. The molecule has 0 spiro atoms. The van der Waals surface area contributed by atoms with Gasteiger partial charge in [0.15, 0.2) is 0 Å². The van der Waals surface area contributed by atoms with Crippen molar-refractivity contribution in [2.75, 3.05) is 7.05 Å². The first-order valence-corrected chi connectivity index (χ1v) is 7.28. The summed E-state index contributed by atoms with van der Waals surface area (Å²) in [4.78, 5) is 0. The summed E-state index contributed by atoms with van der Waals surface area (Å²) in [6.45, 7) is 9.07. The van der Waals surface area contributed by atoms with Crippen LogP contribution in [0.1, 0.15) is 54.5 Å². The molecule has 1 N–H and O–H groups in total. The van der Waals surface area contributed by atoms with Crippen LogP contribution in [-0.4, -0.2) is 7.05 Å². The van der Waals surface area contributed by atoms with Crippen molar-refractivity contribution in [3.63, 3.8) is 0 Å². The third-order valence-corrected chi connectivity index (χ3v) is 4.74. The average molecular weight is 245 g/mol. The summed E-state index contributed by atoms with van der Waals surface area (Å²) < 4.78 is 0. The van der Waals surface area contributed by atoms with Crippen molar-refractivity contribution in [1.29, 1.82) is 0 Å². The molecule has 1 aliphatic rings. The number of aryl methyl sites for hydroxylation is 3. The second-order valence-corrected chi connectivity index (χ2v) is 6.24. The molecule has 2 rings (SSSR count). The van der Waals surface area contributed by atoms with Gasteiger partial charge in [0.25, 0.3) is 0 Å². The highest BCUT2D eigenvalue weighted by Crippen LogP contribution is 2.39. The molecule has 1 aliphatic carbocycles. The second-order valence-electron chi connectivity index (χ2n) is 6.24. The Balaban J connectivity index is 2.30. The first kappa shape index (κ1) is 13.6. The van der Waals surface area contributed by atoms with E-state index in [0.717, 1.165) is 11.8 Å². The number of hydrogen-bond acceptors (Lipinski definition) is 1. The van der Waals surface area contributed by atoms with E-state index >= 15 is 0 Å². The van der Waals surface area contributed by atoms with Gasteiger partial charge in [0.1, 0.15) is 0 Å². The topological polar surface area (TPSA) is 12.0 Å². The molecule has 1 saturated carbocycles. The maximum Gasteiger partial charge on any atom is 0.0348 e. The van der Waals surface area contributed by atoms with Crippen LogP contribution in [0.5, 0.6) is 0 Å². The van der Waals surface area contributed by atoms with Crippen LogP contribution in [0.4, 0.5) is 0 Å². The molecule has 0 heterocycles. The molecule has 0 aliphatic heterocycles. The van der Waals surface area contributed by atoms with E-state index in [1.807, 2.05) is 0 Å². The first-order chi connectivity index (χ1) is 8.52. The Kier molecular flexibility index (Phi) is 4.11. The SMILES string of the molecule is CNC(c1cc(C)c(C)cc1C)C1CCC(C)C1. The van der Waals surface area contributed by atoms with Crippen LogP contribution >= 0.6 is 0 Å². The van der Waals surface area contributed by atoms with Crippen LogP contribution in [-0.2, 0) is 0 Å². The summed E-state index contributed by atoms with van der Waals surface area (Å²) in [5, 5.41) is 3.57. The van der Waals surface area contributed by atoms with Crippen molar-refractivity contribution in [3.05, 3.63) is 34.4 Å². The van der Waals surface area contributed by atoms with Gasteiger partial charge in [0.05, 0.1) is 0 Å². The third-order valence-electron chi connectivity index (χ3n) is 4.74. The van der Waals surface area contributed by atoms with Crippen molar-refractivity contribution in [2.24, 2.45) is 11.8 Å². The monoisotopic (exact) mass is 245 g/mol. The lowest BCUT2D eigenvalue weighted by molar-refractivity contribution is 0.378. The summed E-state index contributed by atoms with van der Waals surface area (Å²) in [6.07, 6.45) is 4.14. The number of benzene rings is 1. The van der Waals surface area contributed by atoms with E-state index in [9.17, 15) is 0 Å². The Morgan fingerprint density at radius 3 is 2.28 bits per heavy atom. The fourth-order valence-electron chi connectivity index (χ4n) is 3.52. The minimum atomic E-state index is 0.536. The van der Waals surface area contributed by atoms with Crippen LogP contribution in [0.3, 0.4) is 0 Å². The molecule has 1 nitrogen and oxygen atoms in total. The van der Waals surface area contributed by atoms with Crippen molar-refractivity contribution < 1.29 is 0 Å². The molecule has 0 bridgehead atoms. The maximum absolute atomic E-state index is 3.57. The van der Waals surface area contributed by atoms with Gasteiger partial charge < -0.3 is 5.32 Å². The summed E-state index contributed by atoms with van der Waals surface area (Å²) in [6, 6.07) is 5.27. The lowest BCUT2D eigenvalue weighted by atomic mass is 9.87. The zero-order valence-electron chi connectivity index (χ0n) is 12.5. The van der Waals surface area contributed by atoms with Crippen molar-refractivity contribution >= 4 is 0 Å². The minimum Gasteiger partial charge on any atom is -0.313 e. The van der Waals surface area contributed by atoms with Crippen LogP contribution in [0, 0.1) is 32.6 Å². The fourth-order valence-corrected chi connectivity index (χ4v) is 3.52. The summed E-state index contributed by atoms with van der Waals surface area (Å²) in [7, 11) is 2.11. The summed E-state index contributed by atoms with van der Waals surface area (Å²) in [5.41, 5.74) is 5.78. The van der Waals surface area contributed by atoms with Gasteiger partial charge in [-0.3, -0.25) is 0 Å². The van der Waals surface area contributed by atoms with E-state index in [4.69, 9.17) is 0 Å². The quantitative estimate of drug-likeness (QED) is 0.837. The second kappa shape index (κ2) is 5.44. The van der Waals surface area contributed by atoms with Crippen LogP contribution in [0.15, 0.2) is 12.1 Å². The fraction of sp³-hybridized carbons (Fsp3) is 0.647. The Morgan fingerprint density at radius 1 is 1.06 bits per heavy atom. The molecule has 0 radical (unpaired) electrons. The standard InChI is InChI=1S/C17H27N/c1-11-6-7-15(8-11)17(18-5)16-10-13(3)12(2)9-14(16)4/h9-11,15,17-18H,6-8H2,1-5H3. The van der Waals surface area contributed by atoms with E-state index in [-0.39, 0.29) is 0 Å². The van der Waals surface area contributed by atoms with Crippen LogP contribution < -0.4 is 5.32 Å². The highest BCUT2D eigenvalue weighted by Gasteiger charge is 2.29. The van der Waals surface area contributed by atoms with Gasteiger partial charge in [0, 0.05) is 6.04 Å². The van der Waals surface area contributed by atoms with Crippen LogP contribution in [0.2, 0.25) is 0 Å². The molecule has 1 aromatic rings. The zero-order chi connectivity index (χ0) is 13.3. The smallest absolute Gasteiger partial charge is 0.0348 e. The average Bonchev–Trinajstić information content (AvgIpc) is 2.73. The number of nitrogens with one attached hydrogen (secondary N) is 1. The highest BCUT2D eigenvalue weighted by atomic mass is 14.9. The van der Waals surface area contributed by atoms with Gasteiger partial charge in [-0.1, -0.05) is 25.5 Å². The van der Waals surface area contributed by atoms with Crippen LogP contribution in [0.25, 0.3) is 0 Å². The lowest BCUT2D eigenvalue weighted by Gasteiger charge is -2.26. The Bertz CT molecular complexity index is 422. The molecule has 1 heteroatoms. The molecular formula is C17H27N. The van der Waals surface area contributed by atoms with Gasteiger partial charge >= 0.3 is 0 Å². The summed E-state index contributed by atoms with van der Waals surface area (Å²) >= 11 is 0. The lowest BCUT2D eigenvalue weighted by Crippen LogP contribution is -2.24. The molecule has 18 heavy (non-hydrogen) atoms. The highest BCUT2D eigenvalue weighted by molar-refractivity contribution is 5.38. The van der Waals surface area contributed by atoms with Crippen molar-refractivity contribution in [3.8, 4) is 0 Å². The molecule has 1 aromatic carbocycles. The normalized spacial score (nSPS) is 25.4. The van der Waals surface area contributed by atoms with Gasteiger partial charge in [-0.05, 0) is 74.8 Å². The number of hydrogen-bond donors (Lipinski definition) is 1. The summed E-state index contributed by atoms with van der Waals surface area (Å²) in [5.74, 6) is 1.71. The van der Waals surface area contributed by atoms with E-state index in [2.05, 4.69) is 52.2 Å². The molecule has 0 amide bonds. The molecule has 1 fully saturated rings. The molecule has 0 saturated heterocycles. The zero-order valence-corrected chi connectivity index (χ0v) is 12.5. The molecule has 0 aromatic heterocycles. The molecule has 100 valence electrons. The Hall–Kier alpha value is -0.820. The van der Waals surface area contributed by atoms with E-state index < -0.39 is 0 Å². The van der Waals surface area contributed by atoms with E-state index in [0.29, 0.717) is 6.04 Å². The molecular weight excluding hydrogens is 218 g/mol. The van der Waals surface area contributed by atoms with E-state index in [1.165, 1.54) is 41.5 Å². The van der Waals surface area contributed by atoms with E-state index in [1.54, 1.807) is 0 Å². The Labute approximate surface area is 112 Å². The maximum atomic E-state index is 3.57. The van der Waals surface area contributed by atoms with Crippen molar-refractivity contribution in [2.45, 2.75) is 53.0 Å². The third kappa shape index (κ3) is 2.61. The van der Waals surface area contributed by atoms with Gasteiger partial charge in [0.2, 0.25) is 0 Å². The van der Waals surface area contributed by atoms with Gasteiger partial charge in [-0.2, -0.15) is 0 Å². The molecule has 3 atom stereocenters. The predicted molar refractivity (Wildman–Crippen MR) is 79.0 cm³/mol. The minimum absolute atomic E-state index is 0.536. The molecule has 3 unspecified atom stereocenters. The van der Waals surface area contributed by atoms with Gasteiger partial charge in [-0.15, -0.1) is 0 Å². The van der Waals surface area contributed by atoms with Gasteiger partial charge in [-0.25, -0.2) is 0 Å². The Morgan fingerprint density at radius 2 is 1.72 bits per heavy atom. The number of rotatable bonds is 3.